The van der Waals surface area contributed by atoms with E-state index in [-0.39, 0.29) is 12.3 Å². The molecule has 0 aliphatic rings. The van der Waals surface area contributed by atoms with Gasteiger partial charge in [-0.25, -0.2) is 0 Å². The minimum atomic E-state index is -0.331. The predicted molar refractivity (Wildman–Crippen MR) is 63.1 cm³/mol. The maximum atomic E-state index is 11.2. The van der Waals surface area contributed by atoms with Crippen molar-refractivity contribution in [2.75, 3.05) is 5.32 Å². The molecule has 1 N–H and O–H groups in total. The Morgan fingerprint density at radius 1 is 1.44 bits per heavy atom. The van der Waals surface area contributed by atoms with Gasteiger partial charge in [-0.15, -0.1) is 10.2 Å². The van der Waals surface area contributed by atoms with Gasteiger partial charge in [0.2, 0.25) is 11.7 Å². The largest absolute Gasteiger partial charge is 0.325 e. The number of carbonyl (C=O) groups excluding carboxylic acids is 1. The highest BCUT2D eigenvalue weighted by molar-refractivity contribution is 5.92. The van der Waals surface area contributed by atoms with Crippen LogP contribution in [0.25, 0.3) is 11.4 Å². The van der Waals surface area contributed by atoms with Crippen LogP contribution in [0.15, 0.2) is 24.3 Å². The first-order chi connectivity index (χ1) is 8.69. The number of hydrogen-bond donors (Lipinski definition) is 1. The Kier molecular flexibility index (Phi) is 3.29. The number of amides is 1. The summed E-state index contributed by atoms with van der Waals surface area (Å²) in [6.45, 7) is 0. The Hall–Kier alpha value is -2.75. The first-order valence-corrected chi connectivity index (χ1v) is 5.20. The molecule has 18 heavy (non-hydrogen) atoms. The summed E-state index contributed by atoms with van der Waals surface area (Å²) in [5, 5.41) is 22.7. The molecule has 90 valence electrons. The lowest BCUT2D eigenvalue weighted by Crippen LogP contribution is -2.09. The molecule has 0 aliphatic carbocycles. The first-order valence-electron chi connectivity index (χ1n) is 5.20. The molecular formula is C11H10N6O. The minimum Gasteiger partial charge on any atom is -0.325 e. The number of carbonyl (C=O) groups is 1. The first kappa shape index (κ1) is 11.7. The van der Waals surface area contributed by atoms with Crippen LogP contribution in [0.3, 0.4) is 0 Å². The number of hydrogen-bond acceptors (Lipinski definition) is 5. The highest BCUT2D eigenvalue weighted by Gasteiger charge is 2.05. The van der Waals surface area contributed by atoms with Gasteiger partial charge in [0.05, 0.1) is 13.1 Å². The smallest absolute Gasteiger partial charge is 0.238 e. The lowest BCUT2D eigenvalue weighted by atomic mass is 10.2. The number of anilines is 1. The average molecular weight is 242 g/mol. The van der Waals surface area contributed by atoms with Crippen molar-refractivity contribution in [3.8, 4) is 17.5 Å². The fourth-order valence-electron chi connectivity index (χ4n) is 1.38. The van der Waals surface area contributed by atoms with E-state index in [1.807, 2.05) is 0 Å². The summed E-state index contributed by atoms with van der Waals surface area (Å²) in [7, 11) is 1.69. The van der Waals surface area contributed by atoms with Gasteiger partial charge in [0.15, 0.2) is 0 Å². The van der Waals surface area contributed by atoms with Crippen molar-refractivity contribution in [1.29, 1.82) is 5.26 Å². The Bertz CT molecular complexity index is 595. The van der Waals surface area contributed by atoms with E-state index < -0.39 is 0 Å². The molecule has 1 aromatic heterocycles. The summed E-state index contributed by atoms with van der Waals surface area (Å²) in [5.41, 5.74) is 1.43. The molecule has 2 aromatic rings. The van der Waals surface area contributed by atoms with E-state index in [9.17, 15) is 4.79 Å². The second kappa shape index (κ2) is 5.05. The number of aromatic nitrogens is 4. The molecule has 0 aliphatic heterocycles. The topological polar surface area (TPSA) is 96.5 Å². The Morgan fingerprint density at radius 2 is 2.17 bits per heavy atom. The molecule has 0 radical (unpaired) electrons. The molecule has 7 heteroatoms. The predicted octanol–water partition coefficient (Wildman–Crippen LogP) is 0.729. The summed E-state index contributed by atoms with van der Waals surface area (Å²) < 4.78 is 0. The van der Waals surface area contributed by atoms with Crippen LogP contribution in [0.2, 0.25) is 0 Å². The van der Waals surface area contributed by atoms with Crippen molar-refractivity contribution < 1.29 is 4.79 Å². The van der Waals surface area contributed by atoms with Crippen molar-refractivity contribution in [3.63, 3.8) is 0 Å². The summed E-state index contributed by atoms with van der Waals surface area (Å²) in [6, 6.07) is 8.78. The summed E-state index contributed by atoms with van der Waals surface area (Å²) >= 11 is 0. The van der Waals surface area contributed by atoms with Crippen molar-refractivity contribution in [2.24, 2.45) is 7.05 Å². The standard InChI is InChI=1S/C11H10N6O/c1-17-15-11(14-16-17)8-2-4-9(5-3-8)13-10(18)6-7-12/h2-5H,6H2,1H3,(H,13,18). The number of aryl methyl sites for hydroxylation is 1. The minimum absolute atomic E-state index is 0.159. The molecule has 0 fully saturated rings. The monoisotopic (exact) mass is 242 g/mol. The number of benzene rings is 1. The normalized spacial score (nSPS) is 9.78. The quantitative estimate of drug-likeness (QED) is 0.855. The van der Waals surface area contributed by atoms with Gasteiger partial charge in [-0.1, -0.05) is 0 Å². The SMILES string of the molecule is Cn1nnc(-c2ccc(NC(=O)CC#N)cc2)n1. The Morgan fingerprint density at radius 3 is 2.72 bits per heavy atom. The lowest BCUT2D eigenvalue weighted by Gasteiger charge is -2.02. The second-order valence-electron chi connectivity index (χ2n) is 3.56. The molecule has 0 spiro atoms. The number of rotatable bonds is 3. The van der Waals surface area contributed by atoms with E-state index >= 15 is 0 Å². The third-order valence-corrected chi connectivity index (χ3v) is 2.17. The second-order valence-corrected chi connectivity index (χ2v) is 3.56. The van der Waals surface area contributed by atoms with Crippen LogP contribution in [0, 0.1) is 11.3 Å². The maximum absolute atomic E-state index is 11.2. The Balaban J connectivity index is 2.11. The van der Waals surface area contributed by atoms with Crippen LogP contribution < -0.4 is 5.32 Å². The van der Waals surface area contributed by atoms with Crippen LogP contribution in [0.1, 0.15) is 6.42 Å². The van der Waals surface area contributed by atoms with Gasteiger partial charge >= 0.3 is 0 Å². The zero-order valence-corrected chi connectivity index (χ0v) is 9.66. The van der Waals surface area contributed by atoms with Crippen molar-refractivity contribution in [2.45, 2.75) is 6.42 Å². The third kappa shape index (κ3) is 2.68. The van der Waals surface area contributed by atoms with Gasteiger partial charge in [-0.3, -0.25) is 4.79 Å². The zero-order valence-electron chi connectivity index (χ0n) is 9.66. The molecule has 1 aromatic carbocycles. The molecule has 1 amide bonds. The van der Waals surface area contributed by atoms with E-state index in [1.54, 1.807) is 37.4 Å². The number of tetrazole rings is 1. The zero-order chi connectivity index (χ0) is 13.0. The van der Waals surface area contributed by atoms with Gasteiger partial charge < -0.3 is 5.32 Å². The van der Waals surface area contributed by atoms with Crippen LogP contribution in [0.5, 0.6) is 0 Å². The van der Waals surface area contributed by atoms with Crippen molar-refractivity contribution >= 4 is 11.6 Å². The molecule has 7 nitrogen and oxygen atoms in total. The fraction of sp³-hybridized carbons (Fsp3) is 0.182. The van der Waals surface area contributed by atoms with Gasteiger partial charge in [0.1, 0.15) is 6.42 Å². The molecule has 2 rings (SSSR count). The average Bonchev–Trinajstić information content (AvgIpc) is 2.77. The van der Waals surface area contributed by atoms with E-state index in [0.717, 1.165) is 5.56 Å². The summed E-state index contributed by atoms with van der Waals surface area (Å²) in [6.07, 6.45) is -0.159. The Labute approximate surface area is 103 Å². The van der Waals surface area contributed by atoms with Gasteiger partial charge in [0.25, 0.3) is 0 Å². The van der Waals surface area contributed by atoms with Crippen LogP contribution in [0.4, 0.5) is 5.69 Å². The van der Waals surface area contributed by atoms with E-state index in [4.69, 9.17) is 5.26 Å². The third-order valence-electron chi connectivity index (χ3n) is 2.17. The maximum Gasteiger partial charge on any atom is 0.238 e. The van der Waals surface area contributed by atoms with Crippen LogP contribution in [-0.2, 0) is 11.8 Å². The molecule has 1 heterocycles. The molecular weight excluding hydrogens is 232 g/mol. The number of nitriles is 1. The van der Waals surface area contributed by atoms with Gasteiger partial charge in [0, 0.05) is 11.3 Å². The molecule has 0 saturated carbocycles. The van der Waals surface area contributed by atoms with Crippen LogP contribution >= 0.6 is 0 Å². The molecule has 0 saturated heterocycles. The molecule has 0 bridgehead atoms. The van der Waals surface area contributed by atoms with Gasteiger partial charge in [-0.2, -0.15) is 10.1 Å². The molecule has 0 atom stereocenters. The number of nitrogens with zero attached hydrogens (tertiary/aromatic N) is 5. The van der Waals surface area contributed by atoms with Crippen molar-refractivity contribution in [3.05, 3.63) is 24.3 Å². The van der Waals surface area contributed by atoms with Gasteiger partial charge in [-0.05, 0) is 29.5 Å². The van der Waals surface area contributed by atoms with E-state index in [1.165, 1.54) is 4.80 Å². The highest BCUT2D eigenvalue weighted by Crippen LogP contribution is 2.17. The van der Waals surface area contributed by atoms with E-state index in [0.29, 0.717) is 11.5 Å². The fourth-order valence-corrected chi connectivity index (χ4v) is 1.38. The highest BCUT2D eigenvalue weighted by atomic mass is 16.1. The van der Waals surface area contributed by atoms with Crippen molar-refractivity contribution in [1.82, 2.24) is 20.2 Å². The number of nitrogens with one attached hydrogen (secondary N) is 1. The summed E-state index contributed by atoms with van der Waals surface area (Å²) in [5.74, 6) is 0.190. The summed E-state index contributed by atoms with van der Waals surface area (Å²) in [4.78, 5) is 12.6. The molecule has 0 unspecified atom stereocenters. The van der Waals surface area contributed by atoms with E-state index in [2.05, 4.69) is 20.7 Å². The van der Waals surface area contributed by atoms with Crippen LogP contribution in [-0.4, -0.2) is 26.1 Å². The lowest BCUT2D eigenvalue weighted by molar-refractivity contribution is -0.115.